The normalized spacial score (nSPS) is 18.9. The molecule has 140 valence electrons. The predicted octanol–water partition coefficient (Wildman–Crippen LogP) is 2.30. The smallest absolute Gasteiger partial charge is 0.442 e. The number of aryl methyl sites for hydroxylation is 3. The third-order valence-corrected chi connectivity index (χ3v) is 5.58. The molecule has 7 heteroatoms. The molecule has 1 atom stereocenters. The Balaban J connectivity index is 1.31. The van der Waals surface area contributed by atoms with E-state index in [0.717, 1.165) is 30.0 Å². The topological polar surface area (TPSA) is 87.0 Å². The number of nitrogens with zero attached hydrogens (tertiary/aromatic N) is 2. The number of benzene rings is 1. The summed E-state index contributed by atoms with van der Waals surface area (Å²) in [4.78, 5) is 27.1. The van der Waals surface area contributed by atoms with Crippen LogP contribution in [0.25, 0.3) is 5.84 Å². The summed E-state index contributed by atoms with van der Waals surface area (Å²) in [6.07, 6.45) is 7.13. The lowest BCUT2D eigenvalue weighted by atomic mass is 9.90. The highest BCUT2D eigenvalue weighted by molar-refractivity contribution is 5.37. The summed E-state index contributed by atoms with van der Waals surface area (Å²) in [6.45, 7) is 0.611. The highest BCUT2D eigenvalue weighted by Crippen LogP contribution is 2.28. The van der Waals surface area contributed by atoms with Crippen LogP contribution >= 0.6 is 0 Å². The Morgan fingerprint density at radius 2 is 1.96 bits per heavy atom. The molecule has 0 saturated heterocycles. The largest absolute Gasteiger partial charge is 0.493 e. The molecule has 0 radical (unpaired) electrons. The number of hydrogen-bond donors (Lipinski definition) is 0. The van der Waals surface area contributed by atoms with Crippen LogP contribution in [0, 0.1) is 5.92 Å². The van der Waals surface area contributed by atoms with Gasteiger partial charge >= 0.3 is 17.1 Å². The maximum Gasteiger partial charge on any atom is 0.442 e. The number of aromatic nitrogens is 2. The van der Waals surface area contributed by atoms with Gasteiger partial charge in [0.2, 0.25) is 0 Å². The molecule has 0 aliphatic heterocycles. The molecule has 3 aromatic rings. The zero-order chi connectivity index (χ0) is 18.4. The number of imidazole rings is 1. The van der Waals surface area contributed by atoms with Crippen LogP contribution in [0.15, 0.2) is 36.7 Å². The molecule has 0 bridgehead atoms. The Kier molecular flexibility index (Phi) is 3.88. The summed E-state index contributed by atoms with van der Waals surface area (Å²) in [5.74, 6) is 1.28. The minimum atomic E-state index is -1.03. The molecule has 2 aromatic heterocycles. The van der Waals surface area contributed by atoms with E-state index in [0.29, 0.717) is 25.4 Å². The minimum Gasteiger partial charge on any atom is -0.493 e. The second-order valence-corrected chi connectivity index (χ2v) is 7.41. The van der Waals surface area contributed by atoms with Crippen molar-refractivity contribution in [3.8, 4) is 5.75 Å². The lowest BCUT2D eigenvalue weighted by molar-refractivity contribution is 0.226. The van der Waals surface area contributed by atoms with Crippen molar-refractivity contribution in [2.75, 3.05) is 6.61 Å². The van der Waals surface area contributed by atoms with Gasteiger partial charge in [0.1, 0.15) is 5.75 Å². The second kappa shape index (κ2) is 6.40. The first-order valence-corrected chi connectivity index (χ1v) is 9.47. The SMILES string of the molecule is O=c1oc2nc3c(n2oc1=O)CCC(COc1ccc2c(c1)CCCC2)C3. The monoisotopic (exact) mass is 368 g/mol. The first-order chi connectivity index (χ1) is 13.2. The van der Waals surface area contributed by atoms with Crippen LogP contribution in [0.5, 0.6) is 5.75 Å². The average Bonchev–Trinajstić information content (AvgIpc) is 3.03. The van der Waals surface area contributed by atoms with Crippen molar-refractivity contribution in [1.82, 2.24) is 9.56 Å². The van der Waals surface area contributed by atoms with Gasteiger partial charge in [0.25, 0.3) is 0 Å². The predicted molar refractivity (Wildman–Crippen MR) is 96.4 cm³/mol. The van der Waals surface area contributed by atoms with Crippen molar-refractivity contribution in [2.45, 2.75) is 44.9 Å². The first-order valence-electron chi connectivity index (χ1n) is 9.47. The Morgan fingerprint density at radius 3 is 2.85 bits per heavy atom. The summed E-state index contributed by atoms with van der Waals surface area (Å²) in [5, 5.41) is 0. The maximum atomic E-state index is 11.4. The van der Waals surface area contributed by atoms with Gasteiger partial charge in [-0.1, -0.05) is 6.07 Å². The summed E-state index contributed by atoms with van der Waals surface area (Å²) >= 11 is 0. The lowest BCUT2D eigenvalue weighted by Gasteiger charge is -2.22. The molecule has 0 spiro atoms. The molecule has 0 amide bonds. The van der Waals surface area contributed by atoms with Crippen LogP contribution in [0.1, 0.15) is 41.8 Å². The molecule has 7 nitrogen and oxygen atoms in total. The molecule has 1 unspecified atom stereocenters. The number of ether oxygens (including phenoxy) is 1. The quantitative estimate of drug-likeness (QED) is 0.660. The van der Waals surface area contributed by atoms with Gasteiger partial charge in [-0.05, 0) is 74.1 Å². The molecule has 2 aliphatic carbocycles. The Hall–Kier alpha value is -2.83. The summed E-state index contributed by atoms with van der Waals surface area (Å²) in [6, 6.07) is 6.43. The highest BCUT2D eigenvalue weighted by Gasteiger charge is 2.26. The van der Waals surface area contributed by atoms with Gasteiger partial charge in [0, 0.05) is 0 Å². The van der Waals surface area contributed by atoms with E-state index in [4.69, 9.17) is 13.7 Å². The molecule has 0 N–H and O–H groups in total. The molecule has 0 fully saturated rings. The van der Waals surface area contributed by atoms with E-state index >= 15 is 0 Å². The molecule has 2 heterocycles. The van der Waals surface area contributed by atoms with Crippen LogP contribution in [0.3, 0.4) is 0 Å². The van der Waals surface area contributed by atoms with Gasteiger partial charge in [-0.3, -0.25) is 0 Å². The first kappa shape index (κ1) is 16.4. The van der Waals surface area contributed by atoms with Crippen LogP contribution in [-0.4, -0.2) is 16.2 Å². The third-order valence-electron chi connectivity index (χ3n) is 5.58. The molecule has 2 aliphatic rings. The Morgan fingerprint density at radius 1 is 1.11 bits per heavy atom. The third kappa shape index (κ3) is 2.97. The van der Waals surface area contributed by atoms with Crippen LogP contribution in [0.2, 0.25) is 0 Å². The Bertz CT molecular complexity index is 1120. The molecule has 1 aromatic carbocycles. The zero-order valence-corrected chi connectivity index (χ0v) is 14.9. The zero-order valence-electron chi connectivity index (χ0n) is 14.9. The van der Waals surface area contributed by atoms with Crippen molar-refractivity contribution in [1.29, 1.82) is 0 Å². The number of rotatable bonds is 3. The van der Waals surface area contributed by atoms with Crippen molar-refractivity contribution in [3.05, 3.63) is 61.6 Å². The van der Waals surface area contributed by atoms with Gasteiger partial charge in [-0.2, -0.15) is 4.98 Å². The molecule has 5 rings (SSSR count). The average molecular weight is 368 g/mol. The van der Waals surface area contributed by atoms with Crippen LogP contribution < -0.4 is 16.0 Å². The van der Waals surface area contributed by atoms with E-state index in [1.807, 2.05) is 0 Å². The van der Waals surface area contributed by atoms with E-state index in [1.54, 1.807) is 0 Å². The number of hydrogen-bond acceptors (Lipinski definition) is 6. The molecule has 0 saturated carbocycles. The van der Waals surface area contributed by atoms with Gasteiger partial charge in [-0.25, -0.2) is 9.59 Å². The fourth-order valence-electron chi connectivity index (χ4n) is 4.14. The van der Waals surface area contributed by atoms with Crippen molar-refractivity contribution in [3.63, 3.8) is 0 Å². The Labute approximate surface area is 154 Å². The van der Waals surface area contributed by atoms with E-state index in [-0.39, 0.29) is 5.84 Å². The lowest BCUT2D eigenvalue weighted by Crippen LogP contribution is -2.24. The minimum absolute atomic E-state index is 0.0425. The van der Waals surface area contributed by atoms with E-state index in [1.165, 1.54) is 35.0 Å². The maximum absolute atomic E-state index is 11.4. The second-order valence-electron chi connectivity index (χ2n) is 7.41. The summed E-state index contributed by atoms with van der Waals surface area (Å²) in [5.41, 5.74) is 2.42. The van der Waals surface area contributed by atoms with Crippen molar-refractivity contribution < 1.29 is 13.7 Å². The van der Waals surface area contributed by atoms with Crippen molar-refractivity contribution >= 4 is 5.84 Å². The molecule has 27 heavy (non-hydrogen) atoms. The van der Waals surface area contributed by atoms with Gasteiger partial charge in [-0.15, -0.1) is 4.57 Å². The van der Waals surface area contributed by atoms with Gasteiger partial charge in [0.05, 0.1) is 18.0 Å². The van der Waals surface area contributed by atoms with Crippen LogP contribution in [-0.2, 0) is 25.7 Å². The van der Waals surface area contributed by atoms with E-state index in [9.17, 15) is 9.59 Å². The summed E-state index contributed by atoms with van der Waals surface area (Å²) in [7, 11) is 0. The highest BCUT2D eigenvalue weighted by atomic mass is 16.6. The molecular formula is C20H20N2O5. The van der Waals surface area contributed by atoms with E-state index < -0.39 is 11.3 Å². The number of fused-ring (bicyclic) bond motifs is 4. The van der Waals surface area contributed by atoms with E-state index in [2.05, 4.69) is 23.2 Å². The fourth-order valence-corrected chi connectivity index (χ4v) is 4.14. The van der Waals surface area contributed by atoms with Gasteiger partial charge < -0.3 is 13.7 Å². The van der Waals surface area contributed by atoms with Gasteiger partial charge in [0.15, 0.2) is 0 Å². The summed E-state index contributed by atoms with van der Waals surface area (Å²) < 4.78 is 17.2. The standard InChI is InChI=1S/C20H20N2O5/c23-18-19(24)27-22-17-8-5-12(9-16(17)21-20(22)26-18)11-25-15-7-6-13-3-1-2-4-14(13)10-15/h6-7,10,12H,1-5,8-9,11H2. The van der Waals surface area contributed by atoms with Crippen LogP contribution in [0.4, 0.5) is 0 Å². The molecular weight excluding hydrogens is 348 g/mol. The fraction of sp³-hybridized carbons (Fsp3) is 0.450. The van der Waals surface area contributed by atoms with Crippen molar-refractivity contribution in [2.24, 2.45) is 5.92 Å².